The van der Waals surface area contributed by atoms with E-state index in [-0.39, 0.29) is 11.7 Å². The Kier molecular flexibility index (Phi) is 6.40. The Balaban J connectivity index is 1.54. The lowest BCUT2D eigenvalue weighted by Crippen LogP contribution is -2.39. The Morgan fingerprint density at radius 2 is 2.10 bits per heavy atom. The molecule has 1 fully saturated rings. The molecular weight excluding hydrogens is 480 g/mol. The maximum atomic E-state index is 12.5. The fourth-order valence-electron chi connectivity index (χ4n) is 3.82. The van der Waals surface area contributed by atoms with Gasteiger partial charge in [0.2, 0.25) is 10.0 Å². The minimum Gasteiger partial charge on any atom is -0.366 e. The molecule has 164 valence electrons. The van der Waals surface area contributed by atoms with Gasteiger partial charge in [-0.15, -0.1) is 0 Å². The van der Waals surface area contributed by atoms with Crippen LogP contribution < -0.4 is 5.32 Å². The van der Waals surface area contributed by atoms with Crippen molar-refractivity contribution in [3.63, 3.8) is 0 Å². The lowest BCUT2D eigenvalue weighted by Gasteiger charge is -2.31. The van der Waals surface area contributed by atoms with Gasteiger partial charge in [-0.05, 0) is 47.3 Å². The van der Waals surface area contributed by atoms with Crippen molar-refractivity contribution in [2.75, 3.05) is 24.2 Å². The Morgan fingerprint density at radius 1 is 1.32 bits per heavy atom. The van der Waals surface area contributed by atoms with Crippen LogP contribution in [0.3, 0.4) is 0 Å². The zero-order valence-corrected chi connectivity index (χ0v) is 19.7. The van der Waals surface area contributed by atoms with Gasteiger partial charge in [0.05, 0.1) is 16.4 Å². The average Bonchev–Trinajstić information content (AvgIpc) is 3.13. The summed E-state index contributed by atoms with van der Waals surface area (Å²) in [6.07, 6.45) is 6.76. The Bertz CT molecular complexity index is 1190. The van der Waals surface area contributed by atoms with E-state index in [0.29, 0.717) is 25.2 Å². The van der Waals surface area contributed by atoms with Crippen LogP contribution in [-0.2, 0) is 16.6 Å². The van der Waals surface area contributed by atoms with Gasteiger partial charge in [0.15, 0.2) is 5.65 Å². The fraction of sp³-hybridized carbons (Fsp3) is 0.381. The number of sulfonamides is 1. The number of aromatic nitrogens is 4. The first-order valence-corrected chi connectivity index (χ1v) is 12.5. The zero-order valence-electron chi connectivity index (χ0n) is 17.3. The summed E-state index contributed by atoms with van der Waals surface area (Å²) in [5.41, 5.74) is 3.41. The molecule has 0 aliphatic carbocycles. The first-order chi connectivity index (χ1) is 14.8. The van der Waals surface area contributed by atoms with E-state index in [0.717, 1.165) is 40.0 Å². The molecule has 0 radical (unpaired) electrons. The van der Waals surface area contributed by atoms with Gasteiger partial charge in [-0.25, -0.2) is 17.7 Å². The molecule has 1 N–H and O–H groups in total. The van der Waals surface area contributed by atoms with Gasteiger partial charge in [0.25, 0.3) is 0 Å². The van der Waals surface area contributed by atoms with Crippen LogP contribution in [0.4, 0.5) is 5.82 Å². The summed E-state index contributed by atoms with van der Waals surface area (Å²) < 4.78 is 29.2. The van der Waals surface area contributed by atoms with Gasteiger partial charge in [-0.3, -0.25) is 4.98 Å². The second-order valence-corrected chi connectivity index (χ2v) is 10.7. The van der Waals surface area contributed by atoms with Crippen molar-refractivity contribution in [3.05, 3.63) is 64.7 Å². The number of anilines is 1. The quantitative estimate of drug-likeness (QED) is 0.494. The molecule has 31 heavy (non-hydrogen) atoms. The van der Waals surface area contributed by atoms with Crippen molar-refractivity contribution in [1.29, 1.82) is 0 Å². The zero-order chi connectivity index (χ0) is 22.0. The fourth-order valence-corrected chi connectivity index (χ4v) is 5.74. The summed E-state index contributed by atoms with van der Waals surface area (Å²) in [5, 5.41) is 7.86. The normalized spacial score (nSPS) is 15.9. The van der Waals surface area contributed by atoms with Gasteiger partial charge < -0.3 is 5.32 Å². The highest BCUT2D eigenvalue weighted by Gasteiger charge is 2.29. The SMILES string of the molecule is C=C(C)CS(=O)(=O)N1CCC(c2cc(NCc3cccnc3)n3ncc(Br)c3n2)CC1. The maximum Gasteiger partial charge on any atom is 0.217 e. The van der Waals surface area contributed by atoms with E-state index in [1.165, 1.54) is 0 Å². The summed E-state index contributed by atoms with van der Waals surface area (Å²) in [6.45, 7) is 7.08. The molecule has 1 saturated heterocycles. The Hall–Kier alpha value is -2.30. The summed E-state index contributed by atoms with van der Waals surface area (Å²) in [4.78, 5) is 8.99. The molecule has 0 saturated carbocycles. The largest absolute Gasteiger partial charge is 0.366 e. The highest BCUT2D eigenvalue weighted by Crippen LogP contribution is 2.31. The van der Waals surface area contributed by atoms with Crippen LogP contribution in [0, 0.1) is 0 Å². The molecule has 1 aliphatic rings. The van der Waals surface area contributed by atoms with Crippen molar-refractivity contribution in [3.8, 4) is 0 Å². The Labute approximate surface area is 190 Å². The van der Waals surface area contributed by atoms with E-state index >= 15 is 0 Å². The van der Waals surface area contributed by atoms with E-state index in [9.17, 15) is 8.42 Å². The highest BCUT2D eigenvalue weighted by molar-refractivity contribution is 9.10. The van der Waals surface area contributed by atoms with Crippen LogP contribution in [0.15, 0.2) is 53.4 Å². The monoisotopic (exact) mass is 504 g/mol. The second-order valence-electron chi connectivity index (χ2n) is 7.90. The van der Waals surface area contributed by atoms with Gasteiger partial charge in [-0.1, -0.05) is 18.2 Å². The standard InChI is InChI=1S/C21H25BrN6O2S/c1-15(2)14-31(29,30)27-8-5-17(6-9-27)19-10-20(24-12-16-4-3-7-23-11-16)28-21(26-19)18(22)13-25-28/h3-4,7,10-11,13,17,24H,1,5-6,8-9,12,14H2,2H3. The third kappa shape index (κ3) is 4.97. The summed E-state index contributed by atoms with van der Waals surface area (Å²) >= 11 is 3.53. The molecule has 0 spiro atoms. The third-order valence-electron chi connectivity index (χ3n) is 5.34. The molecular formula is C21H25BrN6O2S. The topological polar surface area (TPSA) is 92.5 Å². The lowest BCUT2D eigenvalue weighted by atomic mass is 9.94. The number of nitrogens with one attached hydrogen (secondary N) is 1. The molecule has 10 heteroatoms. The predicted molar refractivity (Wildman–Crippen MR) is 124 cm³/mol. The average molecular weight is 505 g/mol. The van der Waals surface area contributed by atoms with Gasteiger partial charge in [0, 0.05) is 49.7 Å². The molecule has 4 rings (SSSR count). The van der Waals surface area contributed by atoms with Crippen molar-refractivity contribution in [1.82, 2.24) is 23.9 Å². The van der Waals surface area contributed by atoms with Crippen LogP contribution >= 0.6 is 15.9 Å². The summed E-state index contributed by atoms with van der Waals surface area (Å²) in [5.74, 6) is 1.03. The molecule has 0 aromatic carbocycles. The predicted octanol–water partition coefficient (Wildman–Crippen LogP) is 3.58. The first-order valence-electron chi connectivity index (χ1n) is 10.1. The van der Waals surface area contributed by atoms with Crippen molar-refractivity contribution in [2.45, 2.75) is 32.2 Å². The molecule has 8 nitrogen and oxygen atoms in total. The number of halogens is 1. The van der Waals surface area contributed by atoms with Gasteiger partial charge in [0.1, 0.15) is 5.82 Å². The molecule has 3 aromatic heterocycles. The van der Waals surface area contributed by atoms with E-state index in [2.05, 4.69) is 37.9 Å². The summed E-state index contributed by atoms with van der Waals surface area (Å²) in [6, 6.07) is 5.94. The number of hydrogen-bond donors (Lipinski definition) is 1. The van der Waals surface area contributed by atoms with Crippen LogP contribution in [0.25, 0.3) is 5.65 Å². The minimum absolute atomic E-state index is 0.00700. The van der Waals surface area contributed by atoms with Crippen LogP contribution in [0.5, 0.6) is 0 Å². The second kappa shape index (κ2) is 9.05. The van der Waals surface area contributed by atoms with Gasteiger partial charge in [-0.2, -0.15) is 9.61 Å². The van der Waals surface area contributed by atoms with Crippen LogP contribution in [0.2, 0.25) is 0 Å². The smallest absolute Gasteiger partial charge is 0.217 e. The van der Waals surface area contributed by atoms with Crippen molar-refractivity contribution < 1.29 is 8.42 Å². The lowest BCUT2D eigenvalue weighted by molar-refractivity contribution is 0.317. The first kappa shape index (κ1) is 21.9. The van der Waals surface area contributed by atoms with Crippen molar-refractivity contribution in [2.24, 2.45) is 0 Å². The van der Waals surface area contributed by atoms with Crippen LogP contribution in [0.1, 0.15) is 36.9 Å². The molecule has 0 amide bonds. The molecule has 0 unspecified atom stereocenters. The Morgan fingerprint density at radius 3 is 2.77 bits per heavy atom. The van der Waals surface area contributed by atoms with E-state index in [4.69, 9.17) is 4.98 Å². The minimum atomic E-state index is -3.29. The number of piperidine rings is 1. The number of hydrogen-bond acceptors (Lipinski definition) is 6. The van der Waals surface area contributed by atoms with E-state index < -0.39 is 10.0 Å². The summed E-state index contributed by atoms with van der Waals surface area (Å²) in [7, 11) is -3.29. The number of rotatable bonds is 7. The molecule has 0 atom stereocenters. The molecule has 0 bridgehead atoms. The highest BCUT2D eigenvalue weighted by atomic mass is 79.9. The van der Waals surface area contributed by atoms with E-state index in [1.54, 1.807) is 28.1 Å². The molecule has 4 heterocycles. The van der Waals surface area contributed by atoms with Crippen molar-refractivity contribution >= 4 is 37.4 Å². The molecule has 3 aromatic rings. The maximum absolute atomic E-state index is 12.5. The van der Waals surface area contributed by atoms with Crippen LogP contribution in [-0.4, -0.2) is 51.1 Å². The number of pyridine rings is 1. The number of fused-ring (bicyclic) bond motifs is 1. The third-order valence-corrected chi connectivity index (χ3v) is 7.91. The number of nitrogens with zero attached hydrogens (tertiary/aromatic N) is 5. The van der Waals surface area contributed by atoms with E-state index in [1.807, 2.05) is 24.4 Å². The molecule has 1 aliphatic heterocycles. The van der Waals surface area contributed by atoms with Gasteiger partial charge >= 0.3 is 0 Å².